The predicted molar refractivity (Wildman–Crippen MR) is 73.2 cm³/mol. The molecule has 1 saturated heterocycles. The highest BCUT2D eigenvalue weighted by Gasteiger charge is 2.14. The van der Waals surface area contributed by atoms with Crippen LogP contribution in [0.1, 0.15) is 36.9 Å². The molecular weight excluding hydrogens is 208 g/mol. The van der Waals surface area contributed by atoms with E-state index in [0.717, 1.165) is 12.5 Å². The summed E-state index contributed by atoms with van der Waals surface area (Å²) in [5.74, 6) is 0.801. The van der Waals surface area contributed by atoms with E-state index in [1.807, 2.05) is 0 Å². The lowest BCUT2D eigenvalue weighted by Crippen LogP contribution is -2.36. The molecule has 1 aliphatic rings. The lowest BCUT2D eigenvalue weighted by Gasteiger charge is -2.25. The van der Waals surface area contributed by atoms with Crippen LogP contribution >= 0.6 is 0 Å². The first-order valence-electron chi connectivity index (χ1n) is 6.77. The molecule has 17 heavy (non-hydrogen) atoms. The Labute approximate surface area is 105 Å². The van der Waals surface area contributed by atoms with Crippen molar-refractivity contribution in [3.8, 4) is 0 Å². The maximum absolute atomic E-state index is 3.67. The minimum absolute atomic E-state index is 0.457. The minimum atomic E-state index is 0.457. The Balaban J connectivity index is 1.84. The molecule has 2 atom stereocenters. The van der Waals surface area contributed by atoms with E-state index in [4.69, 9.17) is 0 Å². The summed E-state index contributed by atoms with van der Waals surface area (Å²) in [6, 6.07) is 9.11. The monoisotopic (exact) mass is 232 g/mol. The third kappa shape index (κ3) is 3.55. The molecule has 2 nitrogen and oxygen atoms in total. The van der Waals surface area contributed by atoms with Crippen LogP contribution in [-0.2, 0) is 0 Å². The number of hydrogen-bond donors (Lipinski definition) is 2. The fourth-order valence-electron chi connectivity index (χ4n) is 2.62. The van der Waals surface area contributed by atoms with Crippen LogP contribution in [0, 0.1) is 12.8 Å². The Morgan fingerprint density at radius 1 is 1.41 bits per heavy atom. The summed E-state index contributed by atoms with van der Waals surface area (Å²) in [6.07, 6.45) is 2.69. The first kappa shape index (κ1) is 12.6. The maximum atomic E-state index is 3.67. The highest BCUT2D eigenvalue weighted by atomic mass is 14.9. The van der Waals surface area contributed by atoms with Crippen LogP contribution in [0.5, 0.6) is 0 Å². The van der Waals surface area contributed by atoms with Gasteiger partial charge in [0, 0.05) is 6.04 Å². The lowest BCUT2D eigenvalue weighted by atomic mass is 9.98. The Kier molecular flexibility index (Phi) is 4.57. The molecule has 2 N–H and O–H groups in total. The molecule has 1 aromatic rings. The van der Waals surface area contributed by atoms with Crippen molar-refractivity contribution in [3.63, 3.8) is 0 Å². The highest BCUT2D eigenvalue weighted by molar-refractivity contribution is 5.28. The molecule has 2 rings (SSSR count). The van der Waals surface area contributed by atoms with Gasteiger partial charge < -0.3 is 10.6 Å². The molecule has 1 heterocycles. The zero-order valence-electron chi connectivity index (χ0n) is 11.0. The van der Waals surface area contributed by atoms with E-state index < -0.39 is 0 Å². The standard InChI is InChI=1S/C15H24N2/c1-12-6-3-4-8-15(12)13(2)17-11-14-7-5-9-16-10-14/h3-4,6,8,13-14,16-17H,5,7,9-11H2,1-2H3. The quantitative estimate of drug-likeness (QED) is 0.834. The second-order valence-electron chi connectivity index (χ2n) is 5.20. The van der Waals surface area contributed by atoms with E-state index in [1.54, 1.807) is 0 Å². The predicted octanol–water partition coefficient (Wildman–Crippen LogP) is 2.65. The summed E-state index contributed by atoms with van der Waals surface area (Å²) in [5.41, 5.74) is 2.81. The second-order valence-corrected chi connectivity index (χ2v) is 5.20. The van der Waals surface area contributed by atoms with Gasteiger partial charge in [0.25, 0.3) is 0 Å². The molecule has 0 bridgehead atoms. The number of nitrogens with one attached hydrogen (secondary N) is 2. The zero-order chi connectivity index (χ0) is 12.1. The normalized spacial score (nSPS) is 22.4. The fraction of sp³-hybridized carbons (Fsp3) is 0.600. The molecule has 1 aliphatic heterocycles. The van der Waals surface area contributed by atoms with Gasteiger partial charge in [0.2, 0.25) is 0 Å². The average Bonchev–Trinajstić information content (AvgIpc) is 2.38. The van der Waals surface area contributed by atoms with E-state index >= 15 is 0 Å². The first-order chi connectivity index (χ1) is 8.27. The maximum Gasteiger partial charge on any atom is 0.0294 e. The van der Waals surface area contributed by atoms with Crippen molar-refractivity contribution in [2.75, 3.05) is 19.6 Å². The van der Waals surface area contributed by atoms with Gasteiger partial charge in [-0.25, -0.2) is 0 Å². The Hall–Kier alpha value is -0.860. The van der Waals surface area contributed by atoms with Crippen molar-refractivity contribution in [1.29, 1.82) is 0 Å². The van der Waals surface area contributed by atoms with Crippen molar-refractivity contribution < 1.29 is 0 Å². The molecule has 0 radical (unpaired) electrons. The fourth-order valence-corrected chi connectivity index (χ4v) is 2.62. The van der Waals surface area contributed by atoms with Crippen LogP contribution in [0.25, 0.3) is 0 Å². The summed E-state index contributed by atoms with van der Waals surface area (Å²) < 4.78 is 0. The Morgan fingerprint density at radius 2 is 2.24 bits per heavy atom. The SMILES string of the molecule is Cc1ccccc1C(C)NCC1CCCNC1. The first-order valence-corrected chi connectivity index (χ1v) is 6.77. The molecule has 0 aromatic heterocycles. The van der Waals surface area contributed by atoms with Crippen LogP contribution < -0.4 is 10.6 Å². The van der Waals surface area contributed by atoms with Gasteiger partial charge in [0.1, 0.15) is 0 Å². The second kappa shape index (κ2) is 6.18. The largest absolute Gasteiger partial charge is 0.316 e. The highest BCUT2D eigenvalue weighted by Crippen LogP contribution is 2.17. The Morgan fingerprint density at radius 3 is 2.94 bits per heavy atom. The van der Waals surface area contributed by atoms with Crippen molar-refractivity contribution in [2.45, 2.75) is 32.7 Å². The third-order valence-corrected chi connectivity index (χ3v) is 3.77. The van der Waals surface area contributed by atoms with Crippen molar-refractivity contribution in [3.05, 3.63) is 35.4 Å². The van der Waals surface area contributed by atoms with E-state index in [0.29, 0.717) is 6.04 Å². The number of rotatable bonds is 4. The van der Waals surface area contributed by atoms with Gasteiger partial charge in [0.15, 0.2) is 0 Å². The zero-order valence-corrected chi connectivity index (χ0v) is 11.0. The molecule has 2 unspecified atom stereocenters. The molecule has 2 heteroatoms. The van der Waals surface area contributed by atoms with Gasteiger partial charge in [-0.2, -0.15) is 0 Å². The molecule has 0 aliphatic carbocycles. The molecule has 1 fully saturated rings. The summed E-state index contributed by atoms with van der Waals surface area (Å²) in [6.45, 7) is 7.95. The molecular formula is C15H24N2. The number of piperidine rings is 1. The van der Waals surface area contributed by atoms with E-state index in [-0.39, 0.29) is 0 Å². The van der Waals surface area contributed by atoms with Crippen LogP contribution in [-0.4, -0.2) is 19.6 Å². The number of hydrogen-bond acceptors (Lipinski definition) is 2. The van der Waals surface area contributed by atoms with E-state index in [1.165, 1.54) is 37.1 Å². The molecule has 1 aromatic carbocycles. The van der Waals surface area contributed by atoms with Gasteiger partial charge in [-0.1, -0.05) is 24.3 Å². The van der Waals surface area contributed by atoms with Gasteiger partial charge in [-0.05, 0) is 63.4 Å². The summed E-state index contributed by atoms with van der Waals surface area (Å²) in [5, 5.41) is 7.14. The van der Waals surface area contributed by atoms with Crippen molar-refractivity contribution >= 4 is 0 Å². The summed E-state index contributed by atoms with van der Waals surface area (Å²) in [7, 11) is 0. The summed E-state index contributed by atoms with van der Waals surface area (Å²) >= 11 is 0. The lowest BCUT2D eigenvalue weighted by molar-refractivity contribution is 0.348. The molecule has 0 amide bonds. The van der Waals surface area contributed by atoms with Gasteiger partial charge in [0.05, 0.1) is 0 Å². The molecule has 0 spiro atoms. The number of aryl methyl sites for hydroxylation is 1. The van der Waals surface area contributed by atoms with Crippen LogP contribution in [0.15, 0.2) is 24.3 Å². The van der Waals surface area contributed by atoms with Crippen molar-refractivity contribution in [1.82, 2.24) is 10.6 Å². The summed E-state index contributed by atoms with van der Waals surface area (Å²) in [4.78, 5) is 0. The van der Waals surface area contributed by atoms with Gasteiger partial charge in [-0.15, -0.1) is 0 Å². The Bertz CT molecular complexity index is 343. The van der Waals surface area contributed by atoms with Crippen molar-refractivity contribution in [2.24, 2.45) is 5.92 Å². The number of benzene rings is 1. The van der Waals surface area contributed by atoms with Crippen LogP contribution in [0.4, 0.5) is 0 Å². The van der Waals surface area contributed by atoms with E-state index in [2.05, 4.69) is 48.7 Å². The smallest absolute Gasteiger partial charge is 0.0294 e. The molecule has 94 valence electrons. The van der Waals surface area contributed by atoms with Crippen LogP contribution in [0.2, 0.25) is 0 Å². The van der Waals surface area contributed by atoms with Gasteiger partial charge >= 0.3 is 0 Å². The average molecular weight is 232 g/mol. The minimum Gasteiger partial charge on any atom is -0.316 e. The topological polar surface area (TPSA) is 24.1 Å². The third-order valence-electron chi connectivity index (χ3n) is 3.77. The van der Waals surface area contributed by atoms with E-state index in [9.17, 15) is 0 Å². The molecule has 0 saturated carbocycles. The van der Waals surface area contributed by atoms with Gasteiger partial charge in [-0.3, -0.25) is 0 Å². The van der Waals surface area contributed by atoms with Crippen LogP contribution in [0.3, 0.4) is 0 Å².